The first-order valence-corrected chi connectivity index (χ1v) is 9.49. The minimum atomic E-state index is -0.770. The van der Waals surface area contributed by atoms with Crippen LogP contribution in [-0.2, 0) is 9.53 Å². The molecule has 156 valence electrons. The maximum absolute atomic E-state index is 12.4. The third kappa shape index (κ3) is 4.28. The van der Waals surface area contributed by atoms with Crippen LogP contribution in [0.5, 0.6) is 5.75 Å². The number of carbonyl (C=O) groups excluding carboxylic acids is 2. The molecule has 0 aliphatic heterocycles. The summed E-state index contributed by atoms with van der Waals surface area (Å²) in [5, 5.41) is 14.4. The number of ether oxygens (including phenoxy) is 2. The molecular formula is C20H17BrN2O7. The lowest BCUT2D eigenvalue weighted by atomic mass is 10.1. The number of fused-ring (bicyclic) bond motifs is 1. The second-order valence-electron chi connectivity index (χ2n) is 6.42. The summed E-state index contributed by atoms with van der Waals surface area (Å²) in [5.74, 6) is -1.36. The monoisotopic (exact) mass is 476 g/mol. The van der Waals surface area contributed by atoms with E-state index in [9.17, 15) is 19.7 Å². The molecule has 1 amide bonds. The van der Waals surface area contributed by atoms with Crippen molar-refractivity contribution in [2.24, 2.45) is 0 Å². The first-order chi connectivity index (χ1) is 14.2. The number of furan rings is 1. The summed E-state index contributed by atoms with van der Waals surface area (Å²) < 4.78 is 16.4. The number of methoxy groups -OCH3 is 1. The van der Waals surface area contributed by atoms with Crippen molar-refractivity contribution in [2.75, 3.05) is 19.0 Å². The standard InChI is InChI=1S/C20H17BrN2O7/c1-10-6-15(23(26)27)17(28-3)8-14(10)22-18(24)9-29-20(25)19-11(2)13-7-12(21)4-5-16(13)30-19/h4-8H,9H2,1-3H3,(H,22,24). The van der Waals surface area contributed by atoms with E-state index >= 15 is 0 Å². The molecule has 1 heterocycles. The van der Waals surface area contributed by atoms with Crippen LogP contribution in [0.1, 0.15) is 21.7 Å². The van der Waals surface area contributed by atoms with Crippen LogP contribution in [0.2, 0.25) is 0 Å². The predicted molar refractivity (Wildman–Crippen MR) is 112 cm³/mol. The largest absolute Gasteiger partial charge is 0.490 e. The molecule has 0 unspecified atom stereocenters. The Kier molecular flexibility index (Phi) is 6.06. The van der Waals surface area contributed by atoms with Gasteiger partial charge in [0.25, 0.3) is 5.91 Å². The normalized spacial score (nSPS) is 10.7. The molecule has 0 bridgehead atoms. The number of hydrogen-bond acceptors (Lipinski definition) is 7. The number of aryl methyl sites for hydroxylation is 2. The van der Waals surface area contributed by atoms with Gasteiger partial charge >= 0.3 is 11.7 Å². The van der Waals surface area contributed by atoms with Gasteiger partial charge in [0.1, 0.15) is 5.58 Å². The van der Waals surface area contributed by atoms with Gasteiger partial charge in [-0.1, -0.05) is 15.9 Å². The van der Waals surface area contributed by atoms with Gasteiger partial charge in [0, 0.05) is 33.2 Å². The number of carbonyl (C=O) groups is 2. The van der Waals surface area contributed by atoms with Crippen molar-refractivity contribution in [1.82, 2.24) is 0 Å². The lowest BCUT2D eigenvalue weighted by molar-refractivity contribution is -0.385. The van der Waals surface area contributed by atoms with Gasteiger partial charge in [0.15, 0.2) is 12.4 Å². The van der Waals surface area contributed by atoms with Crippen LogP contribution in [0.3, 0.4) is 0 Å². The number of anilines is 1. The van der Waals surface area contributed by atoms with Gasteiger partial charge in [-0.05, 0) is 37.6 Å². The van der Waals surface area contributed by atoms with Crippen LogP contribution in [0.15, 0.2) is 39.2 Å². The number of esters is 1. The Morgan fingerprint density at radius 3 is 2.63 bits per heavy atom. The van der Waals surface area contributed by atoms with E-state index in [1.165, 1.54) is 19.2 Å². The smallest absolute Gasteiger partial charge is 0.375 e. The van der Waals surface area contributed by atoms with Gasteiger partial charge in [0.2, 0.25) is 5.76 Å². The lowest BCUT2D eigenvalue weighted by Gasteiger charge is -2.11. The summed E-state index contributed by atoms with van der Waals surface area (Å²) in [5.41, 5.74) is 1.68. The Morgan fingerprint density at radius 1 is 1.23 bits per heavy atom. The molecule has 0 saturated heterocycles. The van der Waals surface area contributed by atoms with Gasteiger partial charge in [-0.3, -0.25) is 14.9 Å². The van der Waals surface area contributed by atoms with Crippen molar-refractivity contribution in [3.63, 3.8) is 0 Å². The Labute approximate surface area is 179 Å². The van der Waals surface area contributed by atoms with Crippen molar-refractivity contribution in [3.05, 3.63) is 61.8 Å². The molecule has 3 rings (SSSR count). The molecule has 0 radical (unpaired) electrons. The van der Waals surface area contributed by atoms with Crippen LogP contribution in [0.25, 0.3) is 11.0 Å². The number of nitrogens with zero attached hydrogens (tertiary/aromatic N) is 1. The van der Waals surface area contributed by atoms with Crippen LogP contribution in [-0.4, -0.2) is 30.5 Å². The number of amides is 1. The number of nitro groups is 1. The van der Waals surface area contributed by atoms with Crippen LogP contribution >= 0.6 is 15.9 Å². The van der Waals surface area contributed by atoms with Gasteiger partial charge in [-0.2, -0.15) is 0 Å². The van der Waals surface area contributed by atoms with Crippen LogP contribution in [0.4, 0.5) is 11.4 Å². The Morgan fingerprint density at radius 2 is 1.97 bits per heavy atom. The summed E-state index contributed by atoms with van der Waals surface area (Å²) in [6, 6.07) is 7.96. The van der Waals surface area contributed by atoms with E-state index < -0.39 is 23.4 Å². The summed E-state index contributed by atoms with van der Waals surface area (Å²) in [7, 11) is 1.29. The van der Waals surface area contributed by atoms with Crippen LogP contribution < -0.4 is 10.1 Å². The van der Waals surface area contributed by atoms with E-state index in [0.29, 0.717) is 22.4 Å². The maximum atomic E-state index is 12.4. The molecule has 0 spiro atoms. The second kappa shape index (κ2) is 8.54. The fourth-order valence-electron chi connectivity index (χ4n) is 2.88. The van der Waals surface area contributed by atoms with E-state index in [4.69, 9.17) is 13.9 Å². The minimum Gasteiger partial charge on any atom is -0.490 e. The zero-order valence-corrected chi connectivity index (χ0v) is 17.9. The van der Waals surface area contributed by atoms with Crippen molar-refractivity contribution in [1.29, 1.82) is 0 Å². The summed E-state index contributed by atoms with van der Waals surface area (Å²) in [4.78, 5) is 35.1. The molecule has 2 aromatic carbocycles. The molecule has 3 aromatic rings. The van der Waals surface area contributed by atoms with E-state index in [2.05, 4.69) is 21.2 Å². The first kappa shape index (κ1) is 21.3. The molecule has 1 aromatic heterocycles. The van der Waals surface area contributed by atoms with Crippen molar-refractivity contribution >= 4 is 50.2 Å². The first-order valence-electron chi connectivity index (χ1n) is 8.70. The number of benzene rings is 2. The van der Waals surface area contributed by atoms with Gasteiger partial charge in [-0.15, -0.1) is 0 Å². The Balaban J connectivity index is 1.70. The summed E-state index contributed by atoms with van der Waals surface area (Å²) in [6.45, 7) is 2.77. The van der Waals surface area contributed by atoms with Crippen molar-refractivity contribution in [3.8, 4) is 5.75 Å². The zero-order valence-electron chi connectivity index (χ0n) is 16.3. The molecule has 0 aliphatic rings. The maximum Gasteiger partial charge on any atom is 0.375 e. The van der Waals surface area contributed by atoms with Crippen molar-refractivity contribution < 1.29 is 28.4 Å². The Bertz CT molecular complexity index is 1170. The number of halogens is 1. The average molecular weight is 477 g/mol. The zero-order chi connectivity index (χ0) is 22.0. The lowest BCUT2D eigenvalue weighted by Crippen LogP contribution is -2.21. The topological polar surface area (TPSA) is 121 Å². The average Bonchev–Trinajstić information content (AvgIpc) is 3.03. The molecule has 0 atom stereocenters. The quantitative estimate of drug-likeness (QED) is 0.315. The molecule has 0 fully saturated rings. The Hall–Kier alpha value is -3.40. The highest BCUT2D eigenvalue weighted by Crippen LogP contribution is 2.33. The molecule has 0 saturated carbocycles. The highest BCUT2D eigenvalue weighted by Gasteiger charge is 2.21. The van der Waals surface area contributed by atoms with E-state index in [-0.39, 0.29) is 17.2 Å². The molecule has 30 heavy (non-hydrogen) atoms. The third-order valence-corrected chi connectivity index (χ3v) is 4.91. The fourth-order valence-corrected chi connectivity index (χ4v) is 3.25. The van der Waals surface area contributed by atoms with Gasteiger partial charge in [0.05, 0.1) is 12.0 Å². The highest BCUT2D eigenvalue weighted by atomic mass is 79.9. The SMILES string of the molecule is COc1cc(NC(=O)COC(=O)c2oc3ccc(Br)cc3c2C)c(C)cc1[N+](=O)[O-]. The van der Waals surface area contributed by atoms with E-state index in [1.807, 2.05) is 6.07 Å². The van der Waals surface area contributed by atoms with E-state index in [0.717, 1.165) is 9.86 Å². The predicted octanol–water partition coefficient (Wildman–Crippen LogP) is 4.52. The summed E-state index contributed by atoms with van der Waals surface area (Å²) >= 11 is 3.37. The second-order valence-corrected chi connectivity index (χ2v) is 7.33. The molecule has 10 heteroatoms. The number of nitro benzene ring substituents is 1. The van der Waals surface area contributed by atoms with Crippen LogP contribution in [0, 0.1) is 24.0 Å². The van der Waals surface area contributed by atoms with Gasteiger partial charge in [-0.25, -0.2) is 4.79 Å². The molecule has 0 aliphatic carbocycles. The number of rotatable bonds is 6. The highest BCUT2D eigenvalue weighted by molar-refractivity contribution is 9.10. The number of nitrogens with one attached hydrogen (secondary N) is 1. The van der Waals surface area contributed by atoms with Crippen molar-refractivity contribution in [2.45, 2.75) is 13.8 Å². The minimum absolute atomic E-state index is 0.00181. The van der Waals surface area contributed by atoms with E-state index in [1.54, 1.807) is 26.0 Å². The fraction of sp³-hybridized carbons (Fsp3) is 0.200. The molecular weight excluding hydrogens is 460 g/mol. The number of hydrogen-bond donors (Lipinski definition) is 1. The third-order valence-electron chi connectivity index (χ3n) is 4.41. The molecule has 9 nitrogen and oxygen atoms in total. The summed E-state index contributed by atoms with van der Waals surface area (Å²) in [6.07, 6.45) is 0. The van der Waals surface area contributed by atoms with Gasteiger partial charge < -0.3 is 19.2 Å². The molecule has 1 N–H and O–H groups in total.